The Kier molecular flexibility index (Phi) is 2.11. The topological polar surface area (TPSA) is 4.93 Å². The number of halogens is 1. The number of aromatic nitrogens is 1. The molecule has 0 fully saturated rings. The minimum Gasteiger partial charge on any atom is -0.321 e. The Bertz CT molecular complexity index is 400. The Balaban J connectivity index is 2.47. The molecule has 0 bridgehead atoms. The van der Waals surface area contributed by atoms with Gasteiger partial charge >= 0.3 is 0 Å². The van der Waals surface area contributed by atoms with Crippen LogP contribution >= 0.6 is 11.6 Å². The molecular formula is C11H10ClN. The molecule has 0 saturated heterocycles. The van der Waals surface area contributed by atoms with Crippen LogP contribution in [0.4, 0.5) is 0 Å². The third-order valence-electron chi connectivity index (χ3n) is 2.06. The van der Waals surface area contributed by atoms with Gasteiger partial charge in [-0.2, -0.15) is 0 Å². The summed E-state index contributed by atoms with van der Waals surface area (Å²) < 4.78 is 2.12. The Morgan fingerprint density at radius 3 is 2.31 bits per heavy atom. The second-order valence-electron chi connectivity index (χ2n) is 3.00. The Morgan fingerprint density at radius 2 is 1.77 bits per heavy atom. The van der Waals surface area contributed by atoms with Gasteiger partial charge in [0.15, 0.2) is 0 Å². The van der Waals surface area contributed by atoms with Crippen molar-refractivity contribution in [1.29, 1.82) is 0 Å². The molecule has 0 radical (unpaired) electrons. The van der Waals surface area contributed by atoms with Crippen LogP contribution in [-0.4, -0.2) is 4.57 Å². The van der Waals surface area contributed by atoms with Gasteiger partial charge in [-0.05, 0) is 43.3 Å². The molecule has 1 heterocycles. The molecule has 0 aliphatic rings. The first-order valence-corrected chi connectivity index (χ1v) is 4.55. The zero-order chi connectivity index (χ0) is 9.26. The van der Waals surface area contributed by atoms with Crippen LogP contribution in [0.5, 0.6) is 0 Å². The molecule has 2 heteroatoms. The van der Waals surface area contributed by atoms with Gasteiger partial charge in [-0.25, -0.2) is 0 Å². The summed E-state index contributed by atoms with van der Waals surface area (Å²) in [6.45, 7) is 2.08. The summed E-state index contributed by atoms with van der Waals surface area (Å²) >= 11 is 5.80. The number of nitrogens with zero attached hydrogens (tertiary/aromatic N) is 1. The van der Waals surface area contributed by atoms with Crippen molar-refractivity contribution in [1.82, 2.24) is 4.57 Å². The fourth-order valence-electron chi connectivity index (χ4n) is 1.36. The molecular weight excluding hydrogens is 182 g/mol. The highest BCUT2D eigenvalue weighted by Crippen LogP contribution is 2.15. The first-order valence-electron chi connectivity index (χ1n) is 4.17. The maximum absolute atomic E-state index is 5.80. The Morgan fingerprint density at radius 1 is 1.08 bits per heavy atom. The van der Waals surface area contributed by atoms with Crippen molar-refractivity contribution < 1.29 is 0 Å². The van der Waals surface area contributed by atoms with Crippen molar-refractivity contribution in [2.24, 2.45) is 0 Å². The minimum atomic E-state index is 0.772. The molecule has 0 unspecified atom stereocenters. The zero-order valence-corrected chi connectivity index (χ0v) is 8.12. The number of hydrogen-bond donors (Lipinski definition) is 0. The number of hydrogen-bond acceptors (Lipinski definition) is 0. The lowest BCUT2D eigenvalue weighted by atomic mass is 10.3. The van der Waals surface area contributed by atoms with E-state index in [0.29, 0.717) is 0 Å². The molecule has 2 aromatic rings. The Hall–Kier alpha value is -1.21. The van der Waals surface area contributed by atoms with Gasteiger partial charge in [0.2, 0.25) is 0 Å². The summed E-state index contributed by atoms with van der Waals surface area (Å²) in [6.07, 6.45) is 2.04. The summed E-state index contributed by atoms with van der Waals surface area (Å²) in [6, 6.07) is 11.9. The van der Waals surface area contributed by atoms with Gasteiger partial charge < -0.3 is 4.57 Å². The Labute approximate surface area is 82.6 Å². The fourth-order valence-corrected chi connectivity index (χ4v) is 1.48. The maximum Gasteiger partial charge on any atom is 0.0453 e. The quantitative estimate of drug-likeness (QED) is 0.651. The third kappa shape index (κ3) is 1.61. The first kappa shape index (κ1) is 8.39. The summed E-state index contributed by atoms with van der Waals surface area (Å²) in [7, 11) is 0. The van der Waals surface area contributed by atoms with Crippen LogP contribution in [0.25, 0.3) is 5.69 Å². The number of benzene rings is 1. The van der Waals surface area contributed by atoms with Crippen LogP contribution in [0.15, 0.2) is 42.6 Å². The standard InChI is InChI=1S/C11H10ClN/c1-9-3-2-8-13(9)11-6-4-10(12)5-7-11/h2-8H,1H3. The van der Waals surface area contributed by atoms with E-state index < -0.39 is 0 Å². The highest BCUT2D eigenvalue weighted by Gasteiger charge is 1.97. The first-order chi connectivity index (χ1) is 6.27. The average molecular weight is 192 g/mol. The van der Waals surface area contributed by atoms with E-state index in [0.717, 1.165) is 10.7 Å². The molecule has 0 N–H and O–H groups in total. The van der Waals surface area contributed by atoms with E-state index in [2.05, 4.69) is 17.6 Å². The van der Waals surface area contributed by atoms with Crippen LogP contribution in [0.2, 0.25) is 5.02 Å². The minimum absolute atomic E-state index is 0.772. The van der Waals surface area contributed by atoms with Gasteiger partial charge in [-0.15, -0.1) is 0 Å². The molecule has 2 rings (SSSR count). The lowest BCUT2D eigenvalue weighted by Gasteiger charge is -2.05. The van der Waals surface area contributed by atoms with Crippen LogP contribution in [-0.2, 0) is 0 Å². The van der Waals surface area contributed by atoms with Crippen LogP contribution in [0, 0.1) is 6.92 Å². The molecule has 0 aliphatic carbocycles. The van der Waals surface area contributed by atoms with E-state index in [9.17, 15) is 0 Å². The lowest BCUT2D eigenvalue weighted by molar-refractivity contribution is 1.02. The SMILES string of the molecule is Cc1cccn1-c1ccc(Cl)cc1. The predicted molar refractivity (Wildman–Crippen MR) is 55.5 cm³/mol. The maximum atomic E-state index is 5.80. The molecule has 0 atom stereocenters. The zero-order valence-electron chi connectivity index (χ0n) is 7.37. The smallest absolute Gasteiger partial charge is 0.0453 e. The van der Waals surface area contributed by atoms with E-state index in [1.54, 1.807) is 0 Å². The van der Waals surface area contributed by atoms with Crippen LogP contribution < -0.4 is 0 Å². The van der Waals surface area contributed by atoms with E-state index >= 15 is 0 Å². The third-order valence-corrected chi connectivity index (χ3v) is 2.31. The molecule has 0 saturated carbocycles. The molecule has 1 aromatic carbocycles. The number of rotatable bonds is 1. The van der Waals surface area contributed by atoms with Crippen LogP contribution in [0.1, 0.15) is 5.69 Å². The van der Waals surface area contributed by atoms with Gasteiger partial charge in [0, 0.05) is 22.6 Å². The van der Waals surface area contributed by atoms with Gasteiger partial charge in [-0.1, -0.05) is 11.6 Å². The monoisotopic (exact) mass is 191 g/mol. The molecule has 66 valence electrons. The lowest BCUT2D eigenvalue weighted by Crippen LogP contribution is -1.92. The second-order valence-corrected chi connectivity index (χ2v) is 3.43. The van der Waals surface area contributed by atoms with Crippen molar-refractivity contribution in [3.05, 3.63) is 53.3 Å². The number of aryl methyl sites for hydroxylation is 1. The van der Waals surface area contributed by atoms with Gasteiger partial charge in [0.25, 0.3) is 0 Å². The molecule has 1 aromatic heterocycles. The predicted octanol–water partition coefficient (Wildman–Crippen LogP) is 3.44. The summed E-state index contributed by atoms with van der Waals surface area (Å²) in [5.41, 5.74) is 2.37. The van der Waals surface area contributed by atoms with Crippen molar-refractivity contribution >= 4 is 11.6 Å². The summed E-state index contributed by atoms with van der Waals surface area (Å²) in [5, 5.41) is 0.772. The van der Waals surface area contributed by atoms with Gasteiger partial charge in [-0.3, -0.25) is 0 Å². The molecule has 0 aliphatic heterocycles. The normalized spacial score (nSPS) is 10.3. The highest BCUT2D eigenvalue weighted by atomic mass is 35.5. The molecule has 1 nitrogen and oxygen atoms in total. The second kappa shape index (κ2) is 3.27. The van der Waals surface area contributed by atoms with Gasteiger partial charge in [0.1, 0.15) is 0 Å². The average Bonchev–Trinajstić information content (AvgIpc) is 2.53. The van der Waals surface area contributed by atoms with Crippen molar-refractivity contribution in [2.45, 2.75) is 6.92 Å². The van der Waals surface area contributed by atoms with Crippen molar-refractivity contribution in [3.8, 4) is 5.69 Å². The fraction of sp³-hybridized carbons (Fsp3) is 0.0909. The molecule has 0 amide bonds. The van der Waals surface area contributed by atoms with Crippen molar-refractivity contribution in [2.75, 3.05) is 0 Å². The largest absolute Gasteiger partial charge is 0.321 e. The summed E-state index contributed by atoms with van der Waals surface area (Å²) in [5.74, 6) is 0. The van der Waals surface area contributed by atoms with E-state index in [-0.39, 0.29) is 0 Å². The van der Waals surface area contributed by atoms with E-state index in [1.807, 2.05) is 36.5 Å². The molecule has 0 spiro atoms. The van der Waals surface area contributed by atoms with Crippen LogP contribution in [0.3, 0.4) is 0 Å². The van der Waals surface area contributed by atoms with Gasteiger partial charge in [0.05, 0.1) is 0 Å². The van der Waals surface area contributed by atoms with E-state index in [1.165, 1.54) is 5.69 Å². The highest BCUT2D eigenvalue weighted by molar-refractivity contribution is 6.30. The molecule has 13 heavy (non-hydrogen) atoms. The summed E-state index contributed by atoms with van der Waals surface area (Å²) in [4.78, 5) is 0. The van der Waals surface area contributed by atoms with Crippen molar-refractivity contribution in [3.63, 3.8) is 0 Å². The van der Waals surface area contributed by atoms with E-state index in [4.69, 9.17) is 11.6 Å².